The average Bonchev–Trinajstić information content (AvgIpc) is 3.20. The zero-order valence-corrected chi connectivity index (χ0v) is 16.4. The lowest BCUT2D eigenvalue weighted by Crippen LogP contribution is -2.44. The van der Waals surface area contributed by atoms with Crippen LogP contribution in [0.25, 0.3) is 0 Å². The number of hydrogen-bond acceptors (Lipinski definition) is 1. The highest BCUT2D eigenvalue weighted by molar-refractivity contribution is 7.10. The first-order valence-corrected chi connectivity index (χ1v) is 9.33. The Balaban J connectivity index is 2.56. The fraction of sp³-hybridized carbons (Fsp3) is 0.300. The Morgan fingerprint density at radius 2 is 1.37 bits per heavy atom. The Bertz CT molecular complexity index is 1050. The number of hydrogen-bond donors (Lipinski definition) is 0. The van der Waals surface area contributed by atoms with Crippen LogP contribution in [0, 0.1) is 23.3 Å². The molecule has 0 radical (unpaired) electrons. The summed E-state index contributed by atoms with van der Waals surface area (Å²) >= 11 is 0.404. The van der Waals surface area contributed by atoms with Crippen molar-refractivity contribution in [1.82, 2.24) is 0 Å². The lowest BCUT2D eigenvalue weighted by Gasteiger charge is -2.37. The van der Waals surface area contributed by atoms with Gasteiger partial charge in [0.15, 0.2) is 52.7 Å². The van der Waals surface area contributed by atoms with Crippen LogP contribution in [0.15, 0.2) is 40.8 Å². The van der Waals surface area contributed by atoms with Crippen LogP contribution >= 0.6 is 11.3 Å². The molecule has 162 valence electrons. The van der Waals surface area contributed by atoms with Crippen molar-refractivity contribution >= 4 is 11.3 Å². The third-order valence-electron chi connectivity index (χ3n) is 4.86. The molecule has 0 aliphatic heterocycles. The SMILES string of the molecule is CC(C)(C)c1c(F)c(F)c(C2(c3cccs3)C(F)=C(F)C(F)=C(F)C2F)c(F)c1F. The topological polar surface area (TPSA) is 0 Å². The van der Waals surface area contributed by atoms with Crippen molar-refractivity contribution in [2.75, 3.05) is 0 Å². The summed E-state index contributed by atoms with van der Waals surface area (Å²) in [5.41, 5.74) is -8.13. The monoisotopic (exact) mass is 456 g/mol. The molecule has 0 saturated carbocycles. The third kappa shape index (κ3) is 2.83. The van der Waals surface area contributed by atoms with Crippen LogP contribution in [0.4, 0.5) is 39.5 Å². The van der Waals surface area contributed by atoms with Crippen LogP contribution in [0.3, 0.4) is 0 Å². The van der Waals surface area contributed by atoms with E-state index >= 15 is 17.6 Å². The first-order chi connectivity index (χ1) is 13.8. The van der Waals surface area contributed by atoms with E-state index in [1.807, 2.05) is 0 Å². The van der Waals surface area contributed by atoms with E-state index in [-0.39, 0.29) is 0 Å². The van der Waals surface area contributed by atoms with Gasteiger partial charge in [-0.05, 0) is 16.9 Å². The summed E-state index contributed by atoms with van der Waals surface area (Å²) in [7, 11) is 0. The van der Waals surface area contributed by atoms with Gasteiger partial charge in [-0.3, -0.25) is 0 Å². The highest BCUT2D eigenvalue weighted by atomic mass is 32.1. The summed E-state index contributed by atoms with van der Waals surface area (Å²) in [5, 5.41) is 1.15. The zero-order chi connectivity index (χ0) is 22.8. The van der Waals surface area contributed by atoms with E-state index < -0.39 is 79.6 Å². The van der Waals surface area contributed by atoms with Gasteiger partial charge in [0.25, 0.3) is 0 Å². The maximum atomic E-state index is 15.1. The predicted octanol–water partition coefficient (Wildman–Crippen LogP) is 7.54. The molecule has 30 heavy (non-hydrogen) atoms. The van der Waals surface area contributed by atoms with Gasteiger partial charge >= 0.3 is 0 Å². The van der Waals surface area contributed by atoms with E-state index in [0.29, 0.717) is 11.3 Å². The molecule has 3 rings (SSSR count). The van der Waals surface area contributed by atoms with Crippen LogP contribution in [0.2, 0.25) is 0 Å². The van der Waals surface area contributed by atoms with E-state index in [1.165, 1.54) is 20.8 Å². The molecular formula is C20H13F9S. The van der Waals surface area contributed by atoms with Crippen LogP contribution in [-0.2, 0) is 10.8 Å². The Labute approximate surface area is 169 Å². The minimum Gasteiger partial charge on any atom is -0.238 e. The highest BCUT2D eigenvalue weighted by Gasteiger charge is 2.59. The second-order valence-corrected chi connectivity index (χ2v) is 8.64. The van der Waals surface area contributed by atoms with Crippen LogP contribution < -0.4 is 0 Å². The highest BCUT2D eigenvalue weighted by Crippen LogP contribution is 2.56. The van der Waals surface area contributed by atoms with Gasteiger partial charge < -0.3 is 0 Å². The van der Waals surface area contributed by atoms with Crippen LogP contribution in [0.5, 0.6) is 0 Å². The lowest BCUT2D eigenvalue weighted by atomic mass is 9.69. The fourth-order valence-corrected chi connectivity index (χ4v) is 4.46. The summed E-state index contributed by atoms with van der Waals surface area (Å²) in [6.45, 7) is 3.66. The molecule has 0 spiro atoms. The number of rotatable bonds is 2. The van der Waals surface area contributed by atoms with Crippen molar-refractivity contribution in [3.05, 3.63) is 80.1 Å². The smallest absolute Gasteiger partial charge is 0.196 e. The van der Waals surface area contributed by atoms with Gasteiger partial charge in [0.05, 0.1) is 5.56 Å². The van der Waals surface area contributed by atoms with Gasteiger partial charge in [0.2, 0.25) is 0 Å². The maximum absolute atomic E-state index is 15.1. The van der Waals surface area contributed by atoms with Gasteiger partial charge in [0.1, 0.15) is 5.41 Å². The van der Waals surface area contributed by atoms with E-state index in [9.17, 15) is 22.0 Å². The molecule has 0 saturated heterocycles. The molecule has 1 aliphatic carbocycles. The molecular weight excluding hydrogens is 443 g/mol. The third-order valence-corrected chi connectivity index (χ3v) is 5.87. The Hall–Kier alpha value is -2.23. The average molecular weight is 456 g/mol. The second kappa shape index (κ2) is 7.18. The molecule has 1 aromatic carbocycles. The Kier molecular flexibility index (Phi) is 5.37. The molecule has 10 heteroatoms. The van der Waals surface area contributed by atoms with Gasteiger partial charge in [0, 0.05) is 10.4 Å². The number of alkyl halides is 1. The van der Waals surface area contributed by atoms with Crippen molar-refractivity contribution in [1.29, 1.82) is 0 Å². The number of benzene rings is 1. The van der Waals surface area contributed by atoms with E-state index in [1.54, 1.807) is 0 Å². The summed E-state index contributed by atoms with van der Waals surface area (Å²) in [5.74, 6) is -18.5. The largest absolute Gasteiger partial charge is 0.238 e. The minimum absolute atomic E-state index is 0.404. The van der Waals surface area contributed by atoms with Gasteiger partial charge in [-0.2, -0.15) is 0 Å². The quantitative estimate of drug-likeness (QED) is 0.324. The molecule has 2 aromatic rings. The lowest BCUT2D eigenvalue weighted by molar-refractivity contribution is 0.189. The van der Waals surface area contributed by atoms with Crippen molar-refractivity contribution in [2.24, 2.45) is 0 Å². The number of allylic oxidation sites excluding steroid dienone is 4. The molecule has 0 N–H and O–H groups in total. The molecule has 0 bridgehead atoms. The first kappa shape index (κ1) is 22.5. The summed E-state index contributed by atoms with van der Waals surface area (Å²) < 4.78 is 132. The number of halogens is 9. The van der Waals surface area contributed by atoms with E-state index in [4.69, 9.17) is 0 Å². The molecule has 2 unspecified atom stereocenters. The van der Waals surface area contributed by atoms with Gasteiger partial charge in [-0.25, -0.2) is 39.5 Å². The van der Waals surface area contributed by atoms with Crippen molar-refractivity contribution in [3.63, 3.8) is 0 Å². The minimum atomic E-state index is -3.65. The van der Waals surface area contributed by atoms with Gasteiger partial charge in [-0.15, -0.1) is 11.3 Å². The normalized spacial score (nSPS) is 22.9. The zero-order valence-electron chi connectivity index (χ0n) is 15.6. The maximum Gasteiger partial charge on any atom is 0.196 e. The molecule has 2 atom stereocenters. The predicted molar refractivity (Wildman–Crippen MR) is 93.5 cm³/mol. The standard InChI is InChI=1S/C20H13F9S/c1-19(2,3)8-10(21)12(23)9(13(24)11(8)22)20(7-5-4-6-30-7)17(28)15(26)14(25)16(27)18(20)29/h4-6,17H,1-3H3. The van der Waals surface area contributed by atoms with Crippen LogP contribution in [0.1, 0.15) is 36.8 Å². The van der Waals surface area contributed by atoms with Crippen LogP contribution in [-0.4, -0.2) is 6.17 Å². The second-order valence-electron chi connectivity index (χ2n) is 7.69. The molecule has 0 fully saturated rings. The molecule has 1 aliphatic rings. The van der Waals surface area contributed by atoms with E-state index in [2.05, 4.69) is 0 Å². The van der Waals surface area contributed by atoms with Gasteiger partial charge in [-0.1, -0.05) is 26.8 Å². The first-order valence-electron chi connectivity index (χ1n) is 8.45. The number of thiophene rings is 1. The molecule has 0 amide bonds. The van der Waals surface area contributed by atoms with Crippen molar-refractivity contribution < 1.29 is 39.5 Å². The molecule has 0 nitrogen and oxygen atoms in total. The summed E-state index contributed by atoms with van der Waals surface area (Å²) in [6.07, 6.45) is -3.54. The van der Waals surface area contributed by atoms with Crippen molar-refractivity contribution in [2.45, 2.75) is 37.8 Å². The molecule has 1 heterocycles. The Morgan fingerprint density at radius 3 is 1.80 bits per heavy atom. The van der Waals surface area contributed by atoms with Crippen molar-refractivity contribution in [3.8, 4) is 0 Å². The Morgan fingerprint density at radius 1 is 0.833 bits per heavy atom. The van der Waals surface area contributed by atoms with E-state index in [0.717, 1.165) is 17.5 Å². The fourth-order valence-electron chi connectivity index (χ4n) is 3.52. The summed E-state index contributed by atoms with van der Waals surface area (Å²) in [6, 6.07) is 1.98. The molecule has 1 aromatic heterocycles. The summed E-state index contributed by atoms with van der Waals surface area (Å²) in [4.78, 5) is -0.731.